The van der Waals surface area contributed by atoms with E-state index in [1.165, 1.54) is 12.1 Å². The van der Waals surface area contributed by atoms with Gasteiger partial charge in [-0.05, 0) is 19.9 Å². The van der Waals surface area contributed by atoms with E-state index in [1.54, 1.807) is 13.8 Å². The van der Waals surface area contributed by atoms with E-state index in [9.17, 15) is 18.7 Å². The molecule has 27 heavy (non-hydrogen) atoms. The molecule has 0 fully saturated rings. The average Bonchev–Trinajstić information content (AvgIpc) is 2.62. The normalized spacial score (nSPS) is 11.7. The SMILES string of the molecule is CC(C)(CO)Nc1nc(SCc2cccc(F)c2F)nc2[nH]c(=O)cnc12. The minimum absolute atomic E-state index is 0.0996. The number of aromatic amines is 1. The summed E-state index contributed by atoms with van der Waals surface area (Å²) >= 11 is 1.08. The third-order valence-corrected chi connectivity index (χ3v) is 4.55. The van der Waals surface area contributed by atoms with Crippen molar-refractivity contribution < 1.29 is 13.9 Å². The van der Waals surface area contributed by atoms with Crippen LogP contribution in [0.25, 0.3) is 11.2 Å². The molecule has 3 rings (SSSR count). The van der Waals surface area contributed by atoms with Gasteiger partial charge in [0.1, 0.15) is 5.52 Å². The number of rotatable bonds is 6. The van der Waals surface area contributed by atoms with Crippen molar-refractivity contribution in [1.82, 2.24) is 19.9 Å². The first-order chi connectivity index (χ1) is 12.8. The van der Waals surface area contributed by atoms with Gasteiger partial charge in [0.15, 0.2) is 28.3 Å². The van der Waals surface area contributed by atoms with Crippen molar-refractivity contribution in [3.05, 3.63) is 51.9 Å². The van der Waals surface area contributed by atoms with Gasteiger partial charge >= 0.3 is 0 Å². The molecule has 2 heterocycles. The molecule has 0 saturated carbocycles. The third kappa shape index (κ3) is 4.40. The summed E-state index contributed by atoms with van der Waals surface area (Å²) in [5, 5.41) is 12.8. The summed E-state index contributed by atoms with van der Waals surface area (Å²) in [4.78, 5) is 26.8. The van der Waals surface area contributed by atoms with Crippen LogP contribution in [-0.4, -0.2) is 37.2 Å². The molecule has 0 aliphatic carbocycles. The second kappa shape index (κ2) is 7.57. The van der Waals surface area contributed by atoms with Crippen LogP contribution in [0, 0.1) is 11.6 Å². The zero-order valence-electron chi connectivity index (χ0n) is 14.6. The van der Waals surface area contributed by atoms with Gasteiger partial charge in [-0.3, -0.25) is 4.79 Å². The Hall–Kier alpha value is -2.59. The van der Waals surface area contributed by atoms with Crippen LogP contribution in [-0.2, 0) is 5.75 Å². The molecular formula is C17H17F2N5O2S. The summed E-state index contributed by atoms with van der Waals surface area (Å²) in [5.74, 6) is -1.42. The highest BCUT2D eigenvalue weighted by molar-refractivity contribution is 7.98. The zero-order chi connectivity index (χ0) is 19.6. The minimum Gasteiger partial charge on any atom is -0.394 e. The predicted octanol–water partition coefficient (Wildman–Crippen LogP) is 2.47. The number of aliphatic hydroxyl groups excluding tert-OH is 1. The quantitative estimate of drug-likeness (QED) is 0.437. The summed E-state index contributed by atoms with van der Waals surface area (Å²) < 4.78 is 27.2. The van der Waals surface area contributed by atoms with Gasteiger partial charge in [0.2, 0.25) is 0 Å². The largest absolute Gasteiger partial charge is 0.394 e. The first kappa shape index (κ1) is 19.2. The molecule has 0 spiro atoms. The van der Waals surface area contributed by atoms with Crippen molar-refractivity contribution in [3.8, 4) is 0 Å². The summed E-state index contributed by atoms with van der Waals surface area (Å²) in [7, 11) is 0. The molecule has 3 N–H and O–H groups in total. The molecule has 0 aliphatic rings. The van der Waals surface area contributed by atoms with Gasteiger partial charge in [-0.2, -0.15) is 0 Å². The molecule has 0 bridgehead atoms. The Morgan fingerprint density at radius 1 is 1.30 bits per heavy atom. The fourth-order valence-electron chi connectivity index (χ4n) is 2.23. The van der Waals surface area contributed by atoms with E-state index in [-0.39, 0.29) is 28.7 Å². The molecule has 0 atom stereocenters. The average molecular weight is 393 g/mol. The van der Waals surface area contributed by atoms with Crippen molar-refractivity contribution >= 4 is 28.7 Å². The number of anilines is 1. The summed E-state index contributed by atoms with van der Waals surface area (Å²) in [6, 6.07) is 3.95. The second-order valence-corrected chi connectivity index (χ2v) is 7.41. The summed E-state index contributed by atoms with van der Waals surface area (Å²) in [6.07, 6.45) is 1.11. The van der Waals surface area contributed by atoms with Crippen LogP contribution in [0.15, 0.2) is 34.3 Å². The van der Waals surface area contributed by atoms with Crippen LogP contribution in [0.3, 0.4) is 0 Å². The number of hydrogen-bond acceptors (Lipinski definition) is 7. The number of thioether (sulfide) groups is 1. The lowest BCUT2D eigenvalue weighted by molar-refractivity contribution is 0.234. The Kier molecular flexibility index (Phi) is 5.38. The maximum atomic E-state index is 13.8. The fraction of sp³-hybridized carbons (Fsp3) is 0.294. The fourth-order valence-corrected chi connectivity index (χ4v) is 3.05. The van der Waals surface area contributed by atoms with E-state index in [0.717, 1.165) is 24.0 Å². The number of benzene rings is 1. The van der Waals surface area contributed by atoms with Crippen LogP contribution in [0.2, 0.25) is 0 Å². The molecule has 142 valence electrons. The van der Waals surface area contributed by atoms with Crippen LogP contribution in [0.4, 0.5) is 14.6 Å². The number of halogens is 2. The van der Waals surface area contributed by atoms with E-state index in [1.807, 2.05) is 0 Å². The Morgan fingerprint density at radius 2 is 2.07 bits per heavy atom. The molecule has 0 saturated heterocycles. The van der Waals surface area contributed by atoms with Gasteiger partial charge < -0.3 is 15.4 Å². The first-order valence-corrected chi connectivity index (χ1v) is 8.99. The van der Waals surface area contributed by atoms with Crippen molar-refractivity contribution in [2.75, 3.05) is 11.9 Å². The summed E-state index contributed by atoms with van der Waals surface area (Å²) in [6.45, 7) is 3.36. The number of hydrogen-bond donors (Lipinski definition) is 3. The standard InChI is InChI=1S/C17H17F2N5O2S/c1-17(2,8-25)24-15-13-14(21-11(26)6-20-13)22-16(23-15)27-7-9-4-3-5-10(18)12(9)19/h3-6,25H,7-8H2,1-2H3,(H2,21,22,23,24,26). The Labute approximate surface area is 157 Å². The Bertz CT molecular complexity index is 1040. The van der Waals surface area contributed by atoms with Gasteiger partial charge in [0, 0.05) is 11.3 Å². The molecular weight excluding hydrogens is 376 g/mol. The van der Waals surface area contributed by atoms with Crippen molar-refractivity contribution in [2.45, 2.75) is 30.3 Å². The molecule has 10 heteroatoms. The number of H-pyrrole nitrogens is 1. The molecule has 7 nitrogen and oxygen atoms in total. The van der Waals surface area contributed by atoms with Crippen molar-refractivity contribution in [2.24, 2.45) is 0 Å². The monoisotopic (exact) mass is 393 g/mol. The van der Waals surface area contributed by atoms with Crippen LogP contribution >= 0.6 is 11.8 Å². The van der Waals surface area contributed by atoms with Crippen molar-refractivity contribution in [1.29, 1.82) is 0 Å². The number of aromatic nitrogens is 4. The molecule has 2 aromatic heterocycles. The van der Waals surface area contributed by atoms with Gasteiger partial charge in [0.05, 0.1) is 18.3 Å². The van der Waals surface area contributed by atoms with Crippen LogP contribution < -0.4 is 10.9 Å². The minimum atomic E-state index is -0.923. The Morgan fingerprint density at radius 3 is 2.81 bits per heavy atom. The lowest BCUT2D eigenvalue weighted by Gasteiger charge is -2.24. The van der Waals surface area contributed by atoms with Crippen LogP contribution in [0.5, 0.6) is 0 Å². The van der Waals surface area contributed by atoms with E-state index < -0.39 is 22.7 Å². The molecule has 0 unspecified atom stereocenters. The number of fused-ring (bicyclic) bond motifs is 1. The van der Waals surface area contributed by atoms with Gasteiger partial charge in [-0.25, -0.2) is 23.7 Å². The maximum Gasteiger partial charge on any atom is 0.268 e. The van der Waals surface area contributed by atoms with Crippen LogP contribution in [0.1, 0.15) is 19.4 Å². The molecule has 3 aromatic rings. The van der Waals surface area contributed by atoms with Gasteiger partial charge in [0.25, 0.3) is 5.56 Å². The smallest absolute Gasteiger partial charge is 0.268 e. The van der Waals surface area contributed by atoms with E-state index in [2.05, 4.69) is 25.3 Å². The maximum absolute atomic E-state index is 13.8. The lowest BCUT2D eigenvalue weighted by Crippen LogP contribution is -2.35. The summed E-state index contributed by atoms with van der Waals surface area (Å²) in [5.41, 5.74) is -0.418. The number of aliphatic hydroxyl groups is 1. The highest BCUT2D eigenvalue weighted by Gasteiger charge is 2.20. The van der Waals surface area contributed by atoms with Crippen molar-refractivity contribution in [3.63, 3.8) is 0 Å². The van der Waals surface area contributed by atoms with Gasteiger partial charge in [-0.1, -0.05) is 23.9 Å². The highest BCUT2D eigenvalue weighted by Crippen LogP contribution is 2.27. The lowest BCUT2D eigenvalue weighted by atomic mass is 10.1. The number of nitrogens with zero attached hydrogens (tertiary/aromatic N) is 3. The van der Waals surface area contributed by atoms with E-state index in [4.69, 9.17) is 0 Å². The third-order valence-electron chi connectivity index (χ3n) is 3.66. The van der Waals surface area contributed by atoms with Gasteiger partial charge in [-0.15, -0.1) is 0 Å². The second-order valence-electron chi connectivity index (χ2n) is 6.47. The predicted molar refractivity (Wildman–Crippen MR) is 98.7 cm³/mol. The number of nitrogens with one attached hydrogen (secondary N) is 2. The molecule has 0 radical (unpaired) electrons. The van der Waals surface area contributed by atoms with E-state index in [0.29, 0.717) is 11.3 Å². The Balaban J connectivity index is 1.97. The first-order valence-electron chi connectivity index (χ1n) is 8.01. The highest BCUT2D eigenvalue weighted by atomic mass is 32.2. The molecule has 1 aromatic carbocycles. The molecule has 0 amide bonds. The van der Waals surface area contributed by atoms with E-state index >= 15 is 0 Å². The zero-order valence-corrected chi connectivity index (χ0v) is 15.4. The topological polar surface area (TPSA) is 104 Å². The molecule has 0 aliphatic heterocycles.